The summed E-state index contributed by atoms with van der Waals surface area (Å²) in [7, 11) is -3.37. The molecule has 0 bridgehead atoms. The molecule has 69 heavy (non-hydrogen) atoms. The average Bonchev–Trinajstić information content (AvgIpc) is 1.52. The van der Waals surface area contributed by atoms with Crippen LogP contribution in [0.1, 0.15) is 31.5 Å². The fourth-order valence-electron chi connectivity index (χ4n) is 8.86. The third kappa shape index (κ3) is 7.00. The van der Waals surface area contributed by atoms with Crippen molar-refractivity contribution in [2.45, 2.75) is 0 Å². The van der Waals surface area contributed by atoms with Crippen LogP contribution < -0.4 is 20.7 Å². The van der Waals surface area contributed by atoms with Gasteiger partial charge < -0.3 is 4.57 Å². The Kier molecular flexibility index (Phi) is 5.76. The van der Waals surface area contributed by atoms with Crippen molar-refractivity contribution in [3.05, 3.63) is 254 Å². The van der Waals surface area contributed by atoms with Gasteiger partial charge in [-0.05, 0) is 68.1 Å². The van der Waals surface area contributed by atoms with Crippen molar-refractivity contribution in [2.24, 2.45) is 0 Å². The van der Waals surface area contributed by atoms with Gasteiger partial charge in [0.25, 0.3) is 0 Å². The van der Waals surface area contributed by atoms with E-state index >= 15 is 0 Å². The molecular weight excluding hydrogens is 873 g/mol. The molecule has 0 radical (unpaired) electrons. The molecule has 4 nitrogen and oxygen atoms in total. The Balaban J connectivity index is 1.13. The summed E-state index contributed by atoms with van der Waals surface area (Å²) in [5.41, 5.74) is -3.82. The minimum absolute atomic E-state index is 0.0100. The zero-order valence-corrected chi connectivity index (χ0v) is 37.5. The first-order valence-corrected chi connectivity index (χ1v) is 24.3. The van der Waals surface area contributed by atoms with E-state index in [0.29, 0.717) is 0 Å². The lowest BCUT2D eigenvalue weighted by molar-refractivity contribution is 1.07. The summed E-state index contributed by atoms with van der Waals surface area (Å²) < 4.78 is 211. The van der Waals surface area contributed by atoms with E-state index < -0.39 is 208 Å². The maximum Gasteiger partial charge on any atom is 0.179 e. The van der Waals surface area contributed by atoms with Crippen LogP contribution in [-0.2, 0) is 0 Å². The highest BCUT2D eigenvalue weighted by Crippen LogP contribution is 2.37. The number of nitrogens with zero attached hydrogens (tertiary/aromatic N) is 4. The molecule has 0 aliphatic heterocycles. The molecule has 13 aromatic rings. The fourth-order valence-corrected chi connectivity index (χ4v) is 14.6. The van der Waals surface area contributed by atoms with Crippen molar-refractivity contribution in [2.75, 3.05) is 0 Å². The van der Waals surface area contributed by atoms with Gasteiger partial charge in [0.2, 0.25) is 0 Å². The molecule has 0 spiro atoms. The second-order valence-electron chi connectivity index (χ2n) is 15.8. The first-order chi connectivity index (χ1) is 43.8. The Morgan fingerprint density at radius 1 is 0.362 bits per heavy atom. The third-order valence-corrected chi connectivity index (χ3v) is 17.7. The molecular formula is C63H42N4SSi. The Bertz CT molecular complexity index is 5200. The van der Waals surface area contributed by atoms with Crippen molar-refractivity contribution >= 4 is 82.1 Å². The van der Waals surface area contributed by atoms with Crippen molar-refractivity contribution in [1.82, 2.24) is 19.5 Å². The molecule has 6 heteroatoms. The monoisotopic (exact) mass is 937 g/mol. The van der Waals surface area contributed by atoms with Gasteiger partial charge in [0.15, 0.2) is 25.5 Å². The first-order valence-electron chi connectivity index (χ1n) is 33.0. The van der Waals surface area contributed by atoms with Crippen LogP contribution in [0.15, 0.2) is 254 Å². The lowest BCUT2D eigenvalue weighted by atomic mass is 10.0. The number of rotatable bonds is 9. The van der Waals surface area contributed by atoms with Gasteiger partial charge in [-0.3, -0.25) is 0 Å². The van der Waals surface area contributed by atoms with E-state index in [0.717, 1.165) is 36.7 Å². The predicted octanol–water partition coefficient (Wildman–Crippen LogP) is 13.4. The second kappa shape index (κ2) is 17.0. The first kappa shape index (κ1) is 23.4. The van der Waals surface area contributed by atoms with Crippen molar-refractivity contribution < 1.29 is 31.5 Å². The zero-order chi connectivity index (χ0) is 65.7. The Morgan fingerprint density at radius 3 is 1.51 bits per heavy atom. The summed E-state index contributed by atoms with van der Waals surface area (Å²) in [6.45, 7) is 0. The summed E-state index contributed by atoms with van der Waals surface area (Å²) in [4.78, 5) is 14.4. The maximum atomic E-state index is 10.1. The molecule has 13 rings (SSSR count). The summed E-state index contributed by atoms with van der Waals surface area (Å²) in [6.07, 6.45) is 0. The summed E-state index contributed by atoms with van der Waals surface area (Å²) in [6, 6.07) is 19.7. The zero-order valence-electron chi connectivity index (χ0n) is 58.7. The molecule has 10 aromatic carbocycles. The van der Waals surface area contributed by atoms with E-state index in [1.807, 2.05) is 103 Å². The molecule has 0 aliphatic carbocycles. The van der Waals surface area contributed by atoms with Gasteiger partial charge in [0.05, 0.1) is 42.6 Å². The van der Waals surface area contributed by atoms with Crippen LogP contribution in [0, 0.1) is 0 Å². The van der Waals surface area contributed by atoms with E-state index in [1.54, 1.807) is 12.1 Å². The minimum atomic E-state index is -3.37. The van der Waals surface area contributed by atoms with Crippen molar-refractivity contribution in [1.29, 1.82) is 0 Å². The predicted molar refractivity (Wildman–Crippen MR) is 292 cm³/mol. The van der Waals surface area contributed by atoms with Crippen LogP contribution in [0.2, 0.25) is 0 Å². The topological polar surface area (TPSA) is 43.6 Å². The third-order valence-electron chi connectivity index (χ3n) is 11.9. The van der Waals surface area contributed by atoms with Crippen LogP contribution in [0.25, 0.3) is 93.0 Å². The molecule has 3 heterocycles. The molecule has 0 atom stereocenters. The summed E-state index contributed by atoms with van der Waals surface area (Å²) in [5.74, 6) is -1.49. The summed E-state index contributed by atoms with van der Waals surface area (Å²) >= 11 is 0.744. The van der Waals surface area contributed by atoms with Crippen LogP contribution in [0.3, 0.4) is 0 Å². The molecule has 0 fully saturated rings. The van der Waals surface area contributed by atoms with Crippen molar-refractivity contribution in [3.8, 4) is 51.0 Å². The number of thiophene rings is 1. The van der Waals surface area contributed by atoms with Crippen LogP contribution >= 0.6 is 11.3 Å². The van der Waals surface area contributed by atoms with E-state index in [4.69, 9.17) is 28.7 Å². The number of hydrogen-bond acceptors (Lipinski definition) is 4. The molecule has 324 valence electrons. The highest BCUT2D eigenvalue weighted by atomic mass is 32.1. The van der Waals surface area contributed by atoms with Gasteiger partial charge in [-0.2, -0.15) is 0 Å². The highest BCUT2D eigenvalue weighted by molar-refractivity contribution is 7.25. The smallest absolute Gasteiger partial charge is 0.179 e. The molecule has 0 amide bonds. The molecule has 0 saturated carbocycles. The average molecular weight is 938 g/mol. The number of para-hydroxylation sites is 2. The van der Waals surface area contributed by atoms with E-state index in [-0.39, 0.29) is 31.6 Å². The SMILES string of the molecule is [2H]c1c([2H])c(-c2nc(-c3cccc([Si](c4ccccc4)(c4ccccc4)c4ccccc4)c3)nc(-c3c([2H])c([2H])c(-c4c([2H])c([2H])c5c(sc6c([2H])c([2H])c([2H])c([2H])c65)c4[2H])c([2H])c3[2H])n2)c([2H])c(-n2c3c([2H])c([2H])c([2H])c([2H])c3c3c([2H])c([2H])c([2H])c([2H])c32)c1[2H]. The quantitative estimate of drug-likeness (QED) is 0.107. The normalized spacial score (nSPS) is 16.4. The summed E-state index contributed by atoms with van der Waals surface area (Å²) in [5, 5.41) is 2.67. The molecule has 0 N–H and O–H groups in total. The lowest BCUT2D eigenvalue weighted by Crippen LogP contribution is -2.74. The van der Waals surface area contributed by atoms with Gasteiger partial charge in [-0.25, -0.2) is 15.0 Å². The maximum absolute atomic E-state index is 10.1. The van der Waals surface area contributed by atoms with Gasteiger partial charge in [-0.1, -0.05) is 218 Å². The Morgan fingerprint density at radius 2 is 0.870 bits per heavy atom. The number of fused-ring (bicyclic) bond motifs is 6. The number of benzene rings is 10. The van der Waals surface area contributed by atoms with Crippen molar-refractivity contribution in [3.63, 3.8) is 0 Å². The largest absolute Gasteiger partial charge is 0.309 e. The van der Waals surface area contributed by atoms with Crippen LogP contribution in [-0.4, -0.2) is 27.6 Å². The van der Waals surface area contributed by atoms with Gasteiger partial charge in [-0.15, -0.1) is 11.3 Å². The Labute approximate surface area is 437 Å². The fraction of sp³-hybridized carbons (Fsp3) is 0. The minimum Gasteiger partial charge on any atom is -0.309 e. The Hall–Kier alpha value is -8.55. The standard InChI is InChI=1S/C63H42N4SSi/c1-4-21-49(22-5-1)69(50-23-6-2-7-24-50,51-25-8-3-9-26-51)52-27-17-19-47(41-52)63-65-61(44-36-34-43(35-37-44)45-38-39-56-55-30-12-15-33-59(55)68-60(56)42-45)64-62(66-63)46-18-16-20-48(40-46)67-57-31-13-10-28-53(57)54-29-11-14-32-58(54)67/h1-42H/i10D,11D,12D,13D,14D,15D,16D,18D,20D,28D,29D,30D,31D,32D,33D,34D,35D,36D,37D,38D,39D,40D,42D. The molecule has 3 aromatic heterocycles. The van der Waals surface area contributed by atoms with E-state index in [2.05, 4.69) is 0 Å². The number of hydrogen-bond donors (Lipinski definition) is 0. The second-order valence-corrected chi connectivity index (χ2v) is 20.6. The van der Waals surface area contributed by atoms with Gasteiger partial charge in [0, 0.05) is 53.3 Å². The van der Waals surface area contributed by atoms with Gasteiger partial charge >= 0.3 is 0 Å². The van der Waals surface area contributed by atoms with E-state index in [9.17, 15) is 17.8 Å². The molecule has 0 aliphatic rings. The van der Waals surface area contributed by atoms with Gasteiger partial charge in [0.1, 0.15) is 0 Å². The van der Waals surface area contributed by atoms with Crippen LogP contribution in [0.5, 0.6) is 0 Å². The van der Waals surface area contributed by atoms with E-state index in [1.165, 1.54) is 0 Å². The molecule has 0 unspecified atom stereocenters. The highest BCUT2D eigenvalue weighted by Gasteiger charge is 2.41. The lowest BCUT2D eigenvalue weighted by Gasteiger charge is -2.34. The molecule has 0 saturated heterocycles. The van der Waals surface area contributed by atoms with Crippen LogP contribution in [0.4, 0.5) is 0 Å². The number of aromatic nitrogens is 4.